The highest BCUT2D eigenvalue weighted by Gasteiger charge is 1.64. The van der Waals surface area contributed by atoms with Gasteiger partial charge in [0.25, 0.3) is 0 Å². The van der Waals surface area contributed by atoms with E-state index in [1.165, 1.54) is 14.1 Å². The summed E-state index contributed by atoms with van der Waals surface area (Å²) in [6, 6.07) is 5.72. The van der Waals surface area contributed by atoms with Crippen LogP contribution < -0.4 is 0 Å². The predicted octanol–water partition coefficient (Wildman–Crippen LogP) is 1.51. The summed E-state index contributed by atoms with van der Waals surface area (Å²) in [6.45, 7) is 0. The fourth-order valence-electron chi connectivity index (χ4n) is 0.313. The highest BCUT2D eigenvalue weighted by atomic mass is 19.2. The van der Waals surface area contributed by atoms with E-state index < -0.39 is 0 Å². The van der Waals surface area contributed by atoms with E-state index in [2.05, 4.69) is 4.98 Å². The Kier molecular flexibility index (Phi) is 5.57. The van der Waals surface area contributed by atoms with Gasteiger partial charge in [-0.3, -0.25) is 4.98 Å². The van der Waals surface area contributed by atoms with E-state index >= 15 is 0 Å². The monoisotopic (exact) mass is 142 g/mol. The predicted molar refractivity (Wildman–Crippen MR) is 39.0 cm³/mol. The Bertz CT molecular complexity index is 112. The molecule has 0 atom stereocenters. The zero-order valence-corrected chi connectivity index (χ0v) is 6.16. The summed E-state index contributed by atoms with van der Waals surface area (Å²) in [5.74, 6) is 0. The van der Waals surface area contributed by atoms with Crippen LogP contribution in [0.5, 0.6) is 0 Å². The highest BCUT2D eigenvalue weighted by molar-refractivity contribution is 4.88. The fraction of sp³-hybridized carbons (Fsp3) is 0.286. The van der Waals surface area contributed by atoms with E-state index in [1.807, 2.05) is 18.2 Å². The Morgan fingerprint density at radius 2 is 1.50 bits per heavy atom. The van der Waals surface area contributed by atoms with Crippen LogP contribution >= 0.6 is 0 Å². The third kappa shape index (κ3) is 10.1. The van der Waals surface area contributed by atoms with Gasteiger partial charge in [0.2, 0.25) is 0 Å². The van der Waals surface area contributed by atoms with E-state index in [-0.39, 0.29) is 0 Å². The molecular weight excluding hydrogens is 131 g/mol. The van der Waals surface area contributed by atoms with Crippen LogP contribution in [0, 0.1) is 0 Å². The van der Waals surface area contributed by atoms with Crippen molar-refractivity contribution in [1.82, 2.24) is 10.1 Å². The summed E-state index contributed by atoms with van der Waals surface area (Å²) in [5.41, 5.74) is 0. The van der Waals surface area contributed by atoms with Crippen LogP contribution in [0.2, 0.25) is 0 Å². The molecule has 0 saturated carbocycles. The van der Waals surface area contributed by atoms with Crippen LogP contribution in [0.4, 0.5) is 4.48 Å². The summed E-state index contributed by atoms with van der Waals surface area (Å²) < 4.78 is 10.8. The van der Waals surface area contributed by atoms with Gasteiger partial charge in [0, 0.05) is 26.5 Å². The van der Waals surface area contributed by atoms with Crippen molar-refractivity contribution in [2.75, 3.05) is 14.1 Å². The van der Waals surface area contributed by atoms with Gasteiger partial charge in [0.1, 0.15) is 0 Å². The first-order valence-corrected chi connectivity index (χ1v) is 2.91. The molecule has 10 heavy (non-hydrogen) atoms. The van der Waals surface area contributed by atoms with Crippen LogP contribution in [0.25, 0.3) is 0 Å². The Labute approximate surface area is 60.2 Å². The fourth-order valence-corrected chi connectivity index (χ4v) is 0.313. The number of halogens is 1. The van der Waals surface area contributed by atoms with Gasteiger partial charge in [-0.1, -0.05) is 6.07 Å². The molecule has 0 aromatic carbocycles. The van der Waals surface area contributed by atoms with Gasteiger partial charge >= 0.3 is 0 Å². The molecule has 0 amide bonds. The van der Waals surface area contributed by atoms with E-state index in [4.69, 9.17) is 0 Å². The minimum absolute atomic E-state index is 0.500. The first-order chi connectivity index (χ1) is 4.73. The van der Waals surface area contributed by atoms with Gasteiger partial charge in [0.05, 0.1) is 0 Å². The topological polar surface area (TPSA) is 16.1 Å². The minimum atomic E-state index is 0.500. The first kappa shape index (κ1) is 9.04. The average molecular weight is 142 g/mol. The standard InChI is InChI=1S/C5H5N.C2H6FN/c1-2-4-6-5-3-1;1-4(2)3/h1-5H;1-2H3. The quantitative estimate of drug-likeness (QED) is 0.510. The van der Waals surface area contributed by atoms with Crippen molar-refractivity contribution in [2.24, 2.45) is 0 Å². The third-order valence-electron chi connectivity index (χ3n) is 0.566. The number of nitrogens with zero attached hydrogens (tertiary/aromatic N) is 2. The van der Waals surface area contributed by atoms with Crippen LogP contribution in [0.15, 0.2) is 30.6 Å². The van der Waals surface area contributed by atoms with Crippen molar-refractivity contribution in [2.45, 2.75) is 0 Å². The molecule has 1 heterocycles. The molecule has 0 saturated heterocycles. The summed E-state index contributed by atoms with van der Waals surface area (Å²) in [4.78, 5) is 3.78. The average Bonchev–Trinajstić information content (AvgIpc) is 1.90. The van der Waals surface area contributed by atoms with Crippen LogP contribution in [-0.2, 0) is 0 Å². The van der Waals surface area contributed by atoms with Crippen molar-refractivity contribution in [3.8, 4) is 0 Å². The molecule has 0 spiro atoms. The molecule has 56 valence electrons. The zero-order valence-electron chi connectivity index (χ0n) is 6.16. The summed E-state index contributed by atoms with van der Waals surface area (Å²) >= 11 is 0. The maximum Gasteiger partial charge on any atom is 0.0267 e. The van der Waals surface area contributed by atoms with E-state index in [1.54, 1.807) is 12.4 Å². The molecule has 0 bridgehead atoms. The first-order valence-electron chi connectivity index (χ1n) is 2.91. The molecule has 0 fully saturated rings. The molecule has 1 aromatic heterocycles. The normalized spacial score (nSPS) is 8.40. The zero-order chi connectivity index (χ0) is 7.82. The van der Waals surface area contributed by atoms with Crippen LogP contribution in [-0.4, -0.2) is 24.2 Å². The molecule has 1 aromatic rings. The van der Waals surface area contributed by atoms with E-state index in [9.17, 15) is 4.48 Å². The molecule has 3 heteroatoms. The highest BCUT2D eigenvalue weighted by Crippen LogP contribution is 1.73. The molecule has 0 aliphatic rings. The molecule has 2 nitrogen and oxygen atoms in total. The van der Waals surface area contributed by atoms with Crippen LogP contribution in [0.1, 0.15) is 0 Å². The van der Waals surface area contributed by atoms with Crippen LogP contribution in [0.3, 0.4) is 0 Å². The van der Waals surface area contributed by atoms with Gasteiger partial charge in [-0.25, -0.2) is 0 Å². The van der Waals surface area contributed by atoms with Gasteiger partial charge in [-0.15, -0.1) is 4.48 Å². The van der Waals surface area contributed by atoms with E-state index in [0.29, 0.717) is 5.12 Å². The molecule has 0 N–H and O–H groups in total. The lowest BCUT2D eigenvalue weighted by Gasteiger charge is -1.83. The van der Waals surface area contributed by atoms with Crippen molar-refractivity contribution in [3.05, 3.63) is 30.6 Å². The lowest BCUT2D eigenvalue weighted by molar-refractivity contribution is 0.0977. The van der Waals surface area contributed by atoms with Crippen molar-refractivity contribution in [1.29, 1.82) is 0 Å². The Balaban J connectivity index is 0.000000180. The number of hydrogen-bond acceptors (Lipinski definition) is 2. The maximum absolute atomic E-state index is 10.8. The number of hydrogen-bond donors (Lipinski definition) is 0. The Morgan fingerprint density at radius 3 is 1.60 bits per heavy atom. The molecule has 0 radical (unpaired) electrons. The second-order valence-electron chi connectivity index (χ2n) is 1.81. The number of aromatic nitrogens is 1. The molecule has 1 rings (SSSR count). The molecular formula is C7H11FN2. The van der Waals surface area contributed by atoms with Gasteiger partial charge in [0.15, 0.2) is 0 Å². The number of pyridine rings is 1. The van der Waals surface area contributed by atoms with Gasteiger partial charge < -0.3 is 0 Å². The molecule has 0 aliphatic heterocycles. The smallest absolute Gasteiger partial charge is 0.0267 e. The Morgan fingerprint density at radius 1 is 1.10 bits per heavy atom. The van der Waals surface area contributed by atoms with Gasteiger partial charge in [-0.05, 0) is 12.1 Å². The number of rotatable bonds is 0. The molecule has 0 aliphatic carbocycles. The van der Waals surface area contributed by atoms with Crippen molar-refractivity contribution < 1.29 is 4.48 Å². The summed E-state index contributed by atoms with van der Waals surface area (Å²) in [5, 5.41) is 0.500. The van der Waals surface area contributed by atoms with Gasteiger partial charge in [-0.2, -0.15) is 5.12 Å². The third-order valence-corrected chi connectivity index (χ3v) is 0.566. The minimum Gasteiger partial charge on any atom is -0.265 e. The van der Waals surface area contributed by atoms with E-state index in [0.717, 1.165) is 0 Å². The lowest BCUT2D eigenvalue weighted by atomic mass is 10.5. The SMILES string of the molecule is CN(C)F.c1ccncc1. The summed E-state index contributed by atoms with van der Waals surface area (Å²) in [7, 11) is 2.67. The second-order valence-corrected chi connectivity index (χ2v) is 1.81. The second kappa shape index (κ2) is 6.16. The van der Waals surface area contributed by atoms with Crippen molar-refractivity contribution in [3.63, 3.8) is 0 Å². The van der Waals surface area contributed by atoms with Crippen molar-refractivity contribution >= 4 is 0 Å². The molecule has 0 unspecified atom stereocenters. The largest absolute Gasteiger partial charge is 0.265 e. The maximum atomic E-state index is 10.8. The summed E-state index contributed by atoms with van der Waals surface area (Å²) in [6.07, 6.45) is 3.50. The lowest BCUT2D eigenvalue weighted by Crippen LogP contribution is -1.91. The Hall–Kier alpha value is -0.960.